The lowest BCUT2D eigenvalue weighted by atomic mass is 9.96. The Morgan fingerprint density at radius 1 is 0.806 bits per heavy atom. The number of unbranched alkanes of at least 4 members (excludes halogenated alkanes) is 1. The molecule has 154 valence electrons. The van der Waals surface area contributed by atoms with E-state index in [1.54, 1.807) is 0 Å². The van der Waals surface area contributed by atoms with Crippen LogP contribution in [0.15, 0.2) is 78.9 Å². The zero-order valence-corrected chi connectivity index (χ0v) is 17.9. The SMILES string of the molecule is Cc1ccc2c(-c3[nH]c4ccc(-c5ccccc5)cc4c3CCCCN)cccc2n1. The predicted octanol–water partition coefficient (Wildman–Crippen LogP) is 6.64. The van der Waals surface area contributed by atoms with Gasteiger partial charge in [-0.25, -0.2) is 0 Å². The van der Waals surface area contributed by atoms with Gasteiger partial charge in [0.2, 0.25) is 0 Å². The molecule has 31 heavy (non-hydrogen) atoms. The molecule has 3 heteroatoms. The molecule has 0 radical (unpaired) electrons. The minimum absolute atomic E-state index is 0.727. The zero-order valence-electron chi connectivity index (χ0n) is 17.9. The lowest BCUT2D eigenvalue weighted by molar-refractivity contribution is 0.748. The second-order valence-electron chi connectivity index (χ2n) is 8.18. The van der Waals surface area contributed by atoms with Gasteiger partial charge in [-0.1, -0.05) is 54.6 Å². The molecule has 0 saturated heterocycles. The third-order valence-corrected chi connectivity index (χ3v) is 6.03. The van der Waals surface area contributed by atoms with E-state index < -0.39 is 0 Å². The van der Waals surface area contributed by atoms with Crippen molar-refractivity contribution in [2.45, 2.75) is 26.2 Å². The molecule has 2 heterocycles. The minimum Gasteiger partial charge on any atom is -0.354 e. The van der Waals surface area contributed by atoms with Crippen LogP contribution in [0.25, 0.3) is 44.2 Å². The topological polar surface area (TPSA) is 54.7 Å². The van der Waals surface area contributed by atoms with Gasteiger partial charge in [0.25, 0.3) is 0 Å². The molecule has 0 unspecified atom stereocenters. The van der Waals surface area contributed by atoms with Crippen LogP contribution in [0.1, 0.15) is 24.1 Å². The summed E-state index contributed by atoms with van der Waals surface area (Å²) in [6.07, 6.45) is 3.11. The molecular weight excluding hydrogens is 378 g/mol. The first kappa shape index (κ1) is 19.5. The van der Waals surface area contributed by atoms with Crippen LogP contribution in [0.2, 0.25) is 0 Å². The van der Waals surface area contributed by atoms with Crippen LogP contribution in [-0.4, -0.2) is 16.5 Å². The van der Waals surface area contributed by atoms with Crippen molar-refractivity contribution in [3.8, 4) is 22.4 Å². The highest BCUT2D eigenvalue weighted by Crippen LogP contribution is 2.37. The molecule has 3 N–H and O–H groups in total. The summed E-state index contributed by atoms with van der Waals surface area (Å²) in [6, 6.07) is 28.0. The smallest absolute Gasteiger partial charge is 0.0711 e. The van der Waals surface area contributed by atoms with Gasteiger partial charge >= 0.3 is 0 Å². The molecule has 3 nitrogen and oxygen atoms in total. The number of nitrogens with two attached hydrogens (primary N) is 1. The number of aromatic nitrogens is 2. The van der Waals surface area contributed by atoms with Crippen molar-refractivity contribution >= 4 is 21.8 Å². The summed E-state index contributed by atoms with van der Waals surface area (Å²) >= 11 is 0. The van der Waals surface area contributed by atoms with Crippen LogP contribution >= 0.6 is 0 Å². The summed E-state index contributed by atoms with van der Waals surface area (Å²) in [5, 5.41) is 2.48. The van der Waals surface area contributed by atoms with E-state index in [1.165, 1.54) is 44.2 Å². The van der Waals surface area contributed by atoms with Gasteiger partial charge in [0.15, 0.2) is 0 Å². The second kappa shape index (κ2) is 8.37. The third kappa shape index (κ3) is 3.73. The first-order chi connectivity index (χ1) is 15.2. The van der Waals surface area contributed by atoms with Gasteiger partial charge in [0, 0.05) is 27.5 Å². The Morgan fingerprint density at radius 3 is 2.52 bits per heavy atom. The number of pyridine rings is 1. The fourth-order valence-corrected chi connectivity index (χ4v) is 4.47. The predicted molar refractivity (Wildman–Crippen MR) is 131 cm³/mol. The first-order valence-corrected chi connectivity index (χ1v) is 11.0. The highest BCUT2D eigenvalue weighted by molar-refractivity contribution is 6.00. The average Bonchev–Trinajstić information content (AvgIpc) is 3.17. The van der Waals surface area contributed by atoms with Crippen LogP contribution in [0.4, 0.5) is 0 Å². The molecule has 0 aliphatic carbocycles. The summed E-state index contributed by atoms with van der Waals surface area (Å²) in [6.45, 7) is 2.77. The highest BCUT2D eigenvalue weighted by atomic mass is 14.7. The minimum atomic E-state index is 0.727. The summed E-state index contributed by atoms with van der Waals surface area (Å²) in [7, 11) is 0. The number of hydrogen-bond acceptors (Lipinski definition) is 2. The zero-order chi connectivity index (χ0) is 21.2. The van der Waals surface area contributed by atoms with E-state index >= 15 is 0 Å². The van der Waals surface area contributed by atoms with Crippen molar-refractivity contribution in [2.75, 3.05) is 6.54 Å². The van der Waals surface area contributed by atoms with E-state index in [0.717, 1.165) is 37.0 Å². The van der Waals surface area contributed by atoms with Crippen molar-refractivity contribution in [1.82, 2.24) is 9.97 Å². The van der Waals surface area contributed by atoms with Crippen molar-refractivity contribution in [2.24, 2.45) is 5.73 Å². The summed E-state index contributed by atoms with van der Waals surface area (Å²) in [5.74, 6) is 0. The van der Waals surface area contributed by atoms with Crippen LogP contribution < -0.4 is 5.73 Å². The van der Waals surface area contributed by atoms with Gasteiger partial charge < -0.3 is 10.7 Å². The Labute approximate surface area is 183 Å². The van der Waals surface area contributed by atoms with E-state index in [2.05, 4.69) is 83.8 Å². The molecule has 0 amide bonds. The maximum atomic E-state index is 5.80. The van der Waals surface area contributed by atoms with Crippen molar-refractivity contribution < 1.29 is 0 Å². The number of aryl methyl sites for hydroxylation is 2. The Bertz CT molecular complexity index is 1350. The Balaban J connectivity index is 1.71. The summed E-state index contributed by atoms with van der Waals surface area (Å²) in [5.41, 5.74) is 15.3. The van der Waals surface area contributed by atoms with Crippen molar-refractivity contribution in [3.63, 3.8) is 0 Å². The Morgan fingerprint density at radius 2 is 1.68 bits per heavy atom. The van der Waals surface area contributed by atoms with Gasteiger partial charge in [-0.15, -0.1) is 0 Å². The number of H-pyrrole nitrogens is 1. The van der Waals surface area contributed by atoms with Crippen LogP contribution in [-0.2, 0) is 6.42 Å². The van der Waals surface area contributed by atoms with E-state index in [1.807, 2.05) is 6.92 Å². The normalized spacial score (nSPS) is 11.4. The first-order valence-electron chi connectivity index (χ1n) is 11.0. The fourth-order valence-electron chi connectivity index (χ4n) is 4.47. The molecule has 3 aromatic carbocycles. The Kier molecular flexibility index (Phi) is 5.27. The number of hydrogen-bond donors (Lipinski definition) is 2. The number of fused-ring (bicyclic) bond motifs is 2. The monoisotopic (exact) mass is 405 g/mol. The van der Waals surface area contributed by atoms with Gasteiger partial charge in [0.05, 0.1) is 11.2 Å². The lowest BCUT2D eigenvalue weighted by Gasteiger charge is -2.09. The van der Waals surface area contributed by atoms with E-state index in [-0.39, 0.29) is 0 Å². The molecule has 0 spiro atoms. The second-order valence-corrected chi connectivity index (χ2v) is 8.18. The molecule has 0 aliphatic rings. The third-order valence-electron chi connectivity index (χ3n) is 6.03. The van der Waals surface area contributed by atoms with Crippen LogP contribution in [0.5, 0.6) is 0 Å². The van der Waals surface area contributed by atoms with Gasteiger partial charge in [-0.3, -0.25) is 4.98 Å². The largest absolute Gasteiger partial charge is 0.354 e. The maximum Gasteiger partial charge on any atom is 0.0711 e. The maximum absolute atomic E-state index is 5.80. The van der Waals surface area contributed by atoms with Crippen molar-refractivity contribution in [3.05, 3.63) is 90.1 Å². The fraction of sp³-hybridized carbons (Fsp3) is 0.179. The average molecular weight is 406 g/mol. The van der Waals surface area contributed by atoms with Gasteiger partial charge in [-0.05, 0) is 73.7 Å². The summed E-state index contributed by atoms with van der Waals surface area (Å²) < 4.78 is 0. The molecule has 2 aromatic heterocycles. The number of nitrogens with zero attached hydrogens (tertiary/aromatic N) is 1. The molecule has 0 fully saturated rings. The summed E-state index contributed by atoms with van der Waals surface area (Å²) in [4.78, 5) is 8.48. The molecule has 5 aromatic rings. The molecular formula is C28H27N3. The molecule has 0 atom stereocenters. The van der Waals surface area contributed by atoms with Crippen LogP contribution in [0.3, 0.4) is 0 Å². The van der Waals surface area contributed by atoms with Crippen LogP contribution in [0, 0.1) is 6.92 Å². The molecule has 0 bridgehead atoms. The number of benzene rings is 3. The molecule has 5 rings (SSSR count). The van der Waals surface area contributed by atoms with E-state index in [9.17, 15) is 0 Å². The Hall–Kier alpha value is -3.43. The van der Waals surface area contributed by atoms with E-state index in [4.69, 9.17) is 10.7 Å². The standard InChI is InChI=1S/C28H27N3/c1-19-13-15-22-23(11-7-12-26(22)30-19)28-24(10-5-6-17-29)25-18-21(14-16-27(25)31-28)20-8-3-2-4-9-20/h2-4,7-9,11-16,18,31H,5-6,10,17,29H2,1H3. The molecule has 0 saturated carbocycles. The number of rotatable bonds is 6. The van der Waals surface area contributed by atoms with E-state index in [0.29, 0.717) is 0 Å². The quantitative estimate of drug-likeness (QED) is 0.311. The molecule has 0 aliphatic heterocycles. The lowest BCUT2D eigenvalue weighted by Crippen LogP contribution is -1.99. The number of nitrogens with one attached hydrogen (secondary N) is 1. The van der Waals surface area contributed by atoms with Crippen molar-refractivity contribution in [1.29, 1.82) is 0 Å². The van der Waals surface area contributed by atoms with Gasteiger partial charge in [-0.2, -0.15) is 0 Å². The van der Waals surface area contributed by atoms with Gasteiger partial charge in [0.1, 0.15) is 0 Å². The number of aromatic amines is 1. The highest BCUT2D eigenvalue weighted by Gasteiger charge is 2.16.